The van der Waals surface area contributed by atoms with Crippen molar-refractivity contribution in [3.05, 3.63) is 50.4 Å². The number of aliphatic carboxylic acids is 1. The molecule has 1 heterocycles. The van der Waals surface area contributed by atoms with Crippen LogP contribution in [-0.4, -0.2) is 20.6 Å². The Morgan fingerprint density at radius 1 is 1.47 bits per heavy atom. The van der Waals surface area contributed by atoms with Gasteiger partial charge in [-0.2, -0.15) is 0 Å². The van der Waals surface area contributed by atoms with Crippen LogP contribution in [0.4, 0.5) is 5.69 Å². The highest BCUT2D eigenvalue weighted by Crippen LogP contribution is 2.08. The van der Waals surface area contributed by atoms with Crippen molar-refractivity contribution in [2.24, 2.45) is 0 Å². The monoisotopic (exact) mass is 266 g/mol. The van der Waals surface area contributed by atoms with Crippen molar-refractivity contribution in [2.75, 3.05) is 0 Å². The third-order valence-corrected chi connectivity index (χ3v) is 2.55. The average molecular weight is 266 g/mol. The fourth-order valence-corrected chi connectivity index (χ4v) is 1.43. The maximum absolute atomic E-state index is 11.5. The topological polar surface area (TPSA) is 102 Å². The van der Waals surface area contributed by atoms with Gasteiger partial charge in [-0.3, -0.25) is 19.7 Å². The summed E-state index contributed by atoms with van der Waals surface area (Å²) >= 11 is 0. The van der Waals surface area contributed by atoms with Gasteiger partial charge < -0.3 is 9.67 Å². The second-order valence-electron chi connectivity index (χ2n) is 4.08. The van der Waals surface area contributed by atoms with Crippen molar-refractivity contribution in [1.82, 2.24) is 4.57 Å². The van der Waals surface area contributed by atoms with Gasteiger partial charge in [0.1, 0.15) is 0 Å². The van der Waals surface area contributed by atoms with Crippen LogP contribution < -0.4 is 5.56 Å². The first-order valence-corrected chi connectivity index (χ1v) is 5.62. The third-order valence-electron chi connectivity index (χ3n) is 2.55. The lowest BCUT2D eigenvalue weighted by atomic mass is 10.1. The van der Waals surface area contributed by atoms with E-state index in [9.17, 15) is 19.7 Å². The van der Waals surface area contributed by atoms with E-state index in [0.717, 1.165) is 17.7 Å². The maximum atomic E-state index is 11.5. The molecule has 7 heteroatoms. The Morgan fingerprint density at radius 3 is 2.74 bits per heavy atom. The molecule has 1 rings (SSSR count). The summed E-state index contributed by atoms with van der Waals surface area (Å²) in [5.41, 5.74) is 0.324. The molecule has 7 nitrogen and oxygen atoms in total. The zero-order chi connectivity index (χ0) is 14.4. The summed E-state index contributed by atoms with van der Waals surface area (Å²) in [6.45, 7) is 1.94. The second kappa shape index (κ2) is 6.48. The number of nitro groups is 1. The van der Waals surface area contributed by atoms with Crippen molar-refractivity contribution < 1.29 is 14.8 Å². The van der Waals surface area contributed by atoms with Gasteiger partial charge in [-0.05, 0) is 13.3 Å². The molecule has 1 aromatic heterocycles. The number of allylic oxidation sites excluding steroid dienone is 2. The van der Waals surface area contributed by atoms with Crippen LogP contribution in [0.2, 0.25) is 0 Å². The number of nitrogens with zero attached hydrogens (tertiary/aromatic N) is 2. The zero-order valence-corrected chi connectivity index (χ0v) is 10.4. The molecule has 0 aromatic carbocycles. The summed E-state index contributed by atoms with van der Waals surface area (Å²) in [6.07, 6.45) is 3.27. The van der Waals surface area contributed by atoms with Crippen LogP contribution in [0.5, 0.6) is 0 Å². The smallest absolute Gasteiger partial charge is 0.303 e. The molecule has 0 atom stereocenters. The summed E-state index contributed by atoms with van der Waals surface area (Å²) in [5, 5.41) is 19.1. The predicted octanol–water partition coefficient (Wildman–Crippen LogP) is 1.57. The molecule has 102 valence electrons. The second-order valence-corrected chi connectivity index (χ2v) is 4.08. The first-order valence-electron chi connectivity index (χ1n) is 5.62. The summed E-state index contributed by atoms with van der Waals surface area (Å²) in [7, 11) is 0. The molecule has 0 unspecified atom stereocenters. The Bertz CT molecular complexity index is 574. The van der Waals surface area contributed by atoms with E-state index in [1.807, 2.05) is 0 Å². The summed E-state index contributed by atoms with van der Waals surface area (Å²) < 4.78 is 1.21. The molecular weight excluding hydrogens is 252 g/mol. The van der Waals surface area contributed by atoms with Crippen molar-refractivity contribution in [3.63, 3.8) is 0 Å². The quantitative estimate of drug-likeness (QED) is 0.478. The lowest BCUT2D eigenvalue weighted by Crippen LogP contribution is -2.18. The average Bonchev–Trinajstić information content (AvgIpc) is 2.35. The Balaban J connectivity index is 2.79. The lowest BCUT2D eigenvalue weighted by molar-refractivity contribution is -0.385. The Morgan fingerprint density at radius 2 is 2.16 bits per heavy atom. The first kappa shape index (κ1) is 14.6. The number of aromatic nitrogens is 1. The van der Waals surface area contributed by atoms with E-state index in [0.29, 0.717) is 6.42 Å². The molecule has 0 amide bonds. The first-order chi connectivity index (χ1) is 8.90. The van der Waals surface area contributed by atoms with E-state index in [1.165, 1.54) is 10.8 Å². The van der Waals surface area contributed by atoms with E-state index in [4.69, 9.17) is 5.11 Å². The normalized spacial score (nSPS) is 11.3. The van der Waals surface area contributed by atoms with E-state index >= 15 is 0 Å². The summed E-state index contributed by atoms with van der Waals surface area (Å²) in [6, 6.07) is 2.29. The van der Waals surface area contributed by atoms with Crippen molar-refractivity contribution in [1.29, 1.82) is 0 Å². The minimum atomic E-state index is -0.889. The SMILES string of the molecule is C/C(=C\Cn1cc([N+](=O)[O-])ccc1=O)CCC(=O)O. The molecule has 0 aliphatic carbocycles. The van der Waals surface area contributed by atoms with Gasteiger partial charge in [0.15, 0.2) is 0 Å². The van der Waals surface area contributed by atoms with Crippen molar-refractivity contribution >= 4 is 11.7 Å². The number of pyridine rings is 1. The van der Waals surface area contributed by atoms with Gasteiger partial charge in [0.05, 0.1) is 11.1 Å². The van der Waals surface area contributed by atoms with Crippen LogP contribution in [-0.2, 0) is 11.3 Å². The van der Waals surface area contributed by atoms with E-state index in [2.05, 4.69) is 0 Å². The number of carboxylic acid groups (broad SMARTS) is 1. The Hall–Kier alpha value is -2.44. The van der Waals surface area contributed by atoms with Crippen LogP contribution in [0, 0.1) is 10.1 Å². The van der Waals surface area contributed by atoms with Crippen LogP contribution >= 0.6 is 0 Å². The maximum Gasteiger partial charge on any atom is 0.303 e. The van der Waals surface area contributed by atoms with Crippen molar-refractivity contribution in [2.45, 2.75) is 26.3 Å². The van der Waals surface area contributed by atoms with Crippen LogP contribution in [0.25, 0.3) is 0 Å². The highest BCUT2D eigenvalue weighted by Gasteiger charge is 2.06. The van der Waals surface area contributed by atoms with Gasteiger partial charge in [0, 0.05) is 25.1 Å². The predicted molar refractivity (Wildman–Crippen MR) is 68.0 cm³/mol. The molecular formula is C12H14N2O5. The highest BCUT2D eigenvalue weighted by molar-refractivity contribution is 5.66. The van der Waals surface area contributed by atoms with Crippen LogP contribution in [0.1, 0.15) is 19.8 Å². The minimum Gasteiger partial charge on any atom is -0.481 e. The molecule has 0 saturated heterocycles. The Kier molecular flexibility index (Phi) is 4.99. The highest BCUT2D eigenvalue weighted by atomic mass is 16.6. The van der Waals surface area contributed by atoms with E-state index < -0.39 is 10.9 Å². The molecule has 0 saturated carbocycles. The molecule has 0 spiro atoms. The molecule has 19 heavy (non-hydrogen) atoms. The summed E-state index contributed by atoms with van der Waals surface area (Å²) in [4.78, 5) is 31.9. The van der Waals surface area contributed by atoms with Gasteiger partial charge >= 0.3 is 5.97 Å². The van der Waals surface area contributed by atoms with Gasteiger partial charge in [0.2, 0.25) is 0 Å². The fourth-order valence-electron chi connectivity index (χ4n) is 1.43. The number of rotatable bonds is 6. The Labute approximate surface area is 108 Å². The number of hydrogen-bond acceptors (Lipinski definition) is 4. The van der Waals surface area contributed by atoms with Gasteiger partial charge in [-0.15, -0.1) is 0 Å². The number of hydrogen-bond donors (Lipinski definition) is 1. The lowest BCUT2D eigenvalue weighted by Gasteiger charge is -2.03. The van der Waals surface area contributed by atoms with Crippen molar-refractivity contribution in [3.8, 4) is 0 Å². The van der Waals surface area contributed by atoms with Gasteiger partial charge in [0.25, 0.3) is 11.2 Å². The molecule has 1 aromatic rings. The molecule has 0 aliphatic rings. The minimum absolute atomic E-state index is 0.0200. The van der Waals surface area contributed by atoms with E-state index in [-0.39, 0.29) is 24.2 Å². The van der Waals surface area contributed by atoms with Crippen LogP contribution in [0.15, 0.2) is 34.8 Å². The zero-order valence-electron chi connectivity index (χ0n) is 10.4. The largest absolute Gasteiger partial charge is 0.481 e. The standard InChI is InChI=1S/C12H14N2O5/c1-9(2-5-12(16)17)6-7-13-8-10(14(18)19)3-4-11(13)15/h3-4,6,8H,2,5,7H2,1H3,(H,16,17)/b9-6+. The molecule has 0 aliphatic heterocycles. The summed E-state index contributed by atoms with van der Waals surface area (Å²) in [5.74, 6) is -0.889. The van der Waals surface area contributed by atoms with E-state index in [1.54, 1.807) is 13.0 Å². The van der Waals surface area contributed by atoms with Gasteiger partial charge in [-0.1, -0.05) is 11.6 Å². The molecule has 0 fully saturated rings. The molecule has 1 N–H and O–H groups in total. The molecule has 0 radical (unpaired) electrons. The molecule has 0 bridgehead atoms. The van der Waals surface area contributed by atoms with Crippen LogP contribution in [0.3, 0.4) is 0 Å². The van der Waals surface area contributed by atoms with Gasteiger partial charge in [-0.25, -0.2) is 0 Å². The fraction of sp³-hybridized carbons (Fsp3) is 0.333. The number of carboxylic acids is 1. The third kappa shape index (κ3) is 4.74. The number of carbonyl (C=O) groups is 1.